The van der Waals surface area contributed by atoms with Crippen molar-refractivity contribution in [2.24, 2.45) is 0 Å². The van der Waals surface area contributed by atoms with Gasteiger partial charge in [-0.2, -0.15) is 13.2 Å². The first kappa shape index (κ1) is 15.2. The standard InChI is InChI=1S/C12H15F3N6/c1-3-5-21-9(7-17-20-21)8-6-10(12(13,14)15)19-11(18-8)16-4-2/h6-7H,3-5H2,1-2H3,(H,16,18,19). The Morgan fingerprint density at radius 3 is 2.62 bits per heavy atom. The Balaban J connectivity index is 2.51. The normalized spacial score (nSPS) is 11.7. The molecule has 0 atom stereocenters. The van der Waals surface area contributed by atoms with Crippen LogP contribution in [0.15, 0.2) is 12.3 Å². The Kier molecular flexibility index (Phi) is 4.39. The van der Waals surface area contributed by atoms with Crippen molar-refractivity contribution in [2.45, 2.75) is 33.0 Å². The number of hydrogen-bond acceptors (Lipinski definition) is 5. The van der Waals surface area contributed by atoms with E-state index in [1.165, 1.54) is 10.9 Å². The molecule has 0 aliphatic heterocycles. The molecule has 0 spiro atoms. The molecule has 21 heavy (non-hydrogen) atoms. The quantitative estimate of drug-likeness (QED) is 0.919. The summed E-state index contributed by atoms with van der Waals surface area (Å²) in [5.74, 6) is -0.0634. The van der Waals surface area contributed by atoms with Crippen LogP contribution >= 0.6 is 0 Å². The number of nitrogens with zero attached hydrogens (tertiary/aromatic N) is 5. The fourth-order valence-electron chi connectivity index (χ4n) is 1.79. The molecule has 9 heteroatoms. The summed E-state index contributed by atoms with van der Waals surface area (Å²) in [6, 6.07) is 0.908. The van der Waals surface area contributed by atoms with E-state index in [0.717, 1.165) is 12.5 Å². The van der Waals surface area contributed by atoms with E-state index in [4.69, 9.17) is 0 Å². The first-order chi connectivity index (χ1) is 9.95. The van der Waals surface area contributed by atoms with Crippen molar-refractivity contribution in [3.8, 4) is 11.4 Å². The lowest BCUT2D eigenvalue weighted by atomic mass is 10.2. The van der Waals surface area contributed by atoms with Gasteiger partial charge in [-0.15, -0.1) is 5.10 Å². The molecule has 0 amide bonds. The average Bonchev–Trinajstić information content (AvgIpc) is 2.86. The van der Waals surface area contributed by atoms with Crippen molar-refractivity contribution in [2.75, 3.05) is 11.9 Å². The topological polar surface area (TPSA) is 68.5 Å². The second-order valence-electron chi connectivity index (χ2n) is 4.33. The van der Waals surface area contributed by atoms with Gasteiger partial charge in [0, 0.05) is 13.1 Å². The smallest absolute Gasteiger partial charge is 0.354 e. The molecule has 0 saturated heterocycles. The first-order valence-electron chi connectivity index (χ1n) is 6.54. The maximum Gasteiger partial charge on any atom is 0.433 e. The predicted molar refractivity (Wildman–Crippen MR) is 70.5 cm³/mol. The number of anilines is 1. The summed E-state index contributed by atoms with van der Waals surface area (Å²) < 4.78 is 40.3. The highest BCUT2D eigenvalue weighted by molar-refractivity contribution is 5.56. The second kappa shape index (κ2) is 6.06. The molecular weight excluding hydrogens is 285 g/mol. The third-order valence-corrected chi connectivity index (χ3v) is 2.67. The van der Waals surface area contributed by atoms with Gasteiger partial charge >= 0.3 is 6.18 Å². The van der Waals surface area contributed by atoms with Crippen LogP contribution in [0.3, 0.4) is 0 Å². The van der Waals surface area contributed by atoms with Crippen molar-refractivity contribution in [3.05, 3.63) is 18.0 Å². The summed E-state index contributed by atoms with van der Waals surface area (Å²) in [7, 11) is 0. The van der Waals surface area contributed by atoms with Crippen LogP contribution in [-0.2, 0) is 12.7 Å². The number of nitrogens with one attached hydrogen (secondary N) is 1. The Morgan fingerprint density at radius 1 is 1.24 bits per heavy atom. The molecule has 2 heterocycles. The number of hydrogen-bond donors (Lipinski definition) is 1. The van der Waals surface area contributed by atoms with E-state index in [9.17, 15) is 13.2 Å². The third kappa shape index (κ3) is 3.47. The van der Waals surface area contributed by atoms with Gasteiger partial charge in [0.2, 0.25) is 5.95 Å². The van der Waals surface area contributed by atoms with Crippen molar-refractivity contribution in [3.63, 3.8) is 0 Å². The molecule has 0 fully saturated rings. The SMILES string of the molecule is CCCn1nncc1-c1cc(C(F)(F)F)nc(NCC)n1. The minimum absolute atomic E-state index is 0.0634. The molecule has 0 aliphatic rings. The summed E-state index contributed by atoms with van der Waals surface area (Å²) in [4.78, 5) is 7.58. The number of aromatic nitrogens is 5. The van der Waals surface area contributed by atoms with Crippen molar-refractivity contribution in [1.82, 2.24) is 25.0 Å². The Bertz CT molecular complexity index is 607. The molecular formula is C12H15F3N6. The van der Waals surface area contributed by atoms with Gasteiger partial charge in [0.15, 0.2) is 5.69 Å². The highest BCUT2D eigenvalue weighted by atomic mass is 19.4. The van der Waals surface area contributed by atoms with Crippen LogP contribution < -0.4 is 5.32 Å². The lowest BCUT2D eigenvalue weighted by Gasteiger charge is -2.11. The summed E-state index contributed by atoms with van der Waals surface area (Å²) in [5, 5.41) is 10.3. The molecule has 0 aromatic carbocycles. The van der Waals surface area contributed by atoms with Crippen molar-refractivity contribution >= 4 is 5.95 Å². The van der Waals surface area contributed by atoms with E-state index in [-0.39, 0.29) is 11.6 Å². The fourth-order valence-corrected chi connectivity index (χ4v) is 1.79. The Labute approximate surface area is 119 Å². The number of alkyl halides is 3. The molecule has 114 valence electrons. The summed E-state index contributed by atoms with van der Waals surface area (Å²) >= 11 is 0. The number of aryl methyl sites for hydroxylation is 1. The van der Waals surface area contributed by atoms with Gasteiger partial charge in [-0.1, -0.05) is 12.1 Å². The number of rotatable bonds is 5. The largest absolute Gasteiger partial charge is 0.433 e. The Hall–Kier alpha value is -2.19. The minimum Gasteiger partial charge on any atom is -0.354 e. The van der Waals surface area contributed by atoms with E-state index in [2.05, 4.69) is 25.6 Å². The zero-order valence-electron chi connectivity index (χ0n) is 11.6. The Morgan fingerprint density at radius 2 is 2.00 bits per heavy atom. The van der Waals surface area contributed by atoms with E-state index in [1.54, 1.807) is 6.92 Å². The molecule has 2 aromatic rings. The molecule has 2 aromatic heterocycles. The molecule has 6 nitrogen and oxygen atoms in total. The van der Waals surface area contributed by atoms with Crippen molar-refractivity contribution in [1.29, 1.82) is 0 Å². The van der Waals surface area contributed by atoms with Crippen LogP contribution in [0.2, 0.25) is 0 Å². The van der Waals surface area contributed by atoms with Crippen LogP contribution in [0, 0.1) is 0 Å². The van der Waals surface area contributed by atoms with Crippen LogP contribution in [0.1, 0.15) is 26.0 Å². The van der Waals surface area contributed by atoms with Gasteiger partial charge < -0.3 is 5.32 Å². The first-order valence-corrected chi connectivity index (χ1v) is 6.54. The summed E-state index contributed by atoms with van der Waals surface area (Å²) in [6.07, 6.45) is -2.35. The van der Waals surface area contributed by atoms with Crippen LogP contribution in [0.25, 0.3) is 11.4 Å². The molecule has 2 rings (SSSR count). The van der Waals surface area contributed by atoms with E-state index in [0.29, 0.717) is 18.8 Å². The second-order valence-corrected chi connectivity index (χ2v) is 4.33. The molecule has 1 N–H and O–H groups in total. The van der Waals surface area contributed by atoms with Gasteiger partial charge in [0.1, 0.15) is 5.69 Å². The summed E-state index contributed by atoms with van der Waals surface area (Å²) in [5.41, 5.74) is -0.414. The fraction of sp³-hybridized carbons (Fsp3) is 0.500. The van der Waals surface area contributed by atoms with E-state index < -0.39 is 11.9 Å². The van der Waals surface area contributed by atoms with Crippen LogP contribution in [0.4, 0.5) is 19.1 Å². The zero-order valence-corrected chi connectivity index (χ0v) is 11.6. The van der Waals surface area contributed by atoms with Crippen molar-refractivity contribution < 1.29 is 13.2 Å². The number of halogens is 3. The maximum absolute atomic E-state index is 12.9. The highest BCUT2D eigenvalue weighted by Gasteiger charge is 2.34. The van der Waals surface area contributed by atoms with Crippen LogP contribution in [0.5, 0.6) is 0 Å². The minimum atomic E-state index is -4.54. The molecule has 0 bridgehead atoms. The predicted octanol–water partition coefficient (Wildman–Crippen LogP) is 2.60. The van der Waals surface area contributed by atoms with E-state index >= 15 is 0 Å². The van der Waals surface area contributed by atoms with E-state index in [1.807, 2.05) is 6.92 Å². The van der Waals surface area contributed by atoms with Gasteiger partial charge in [0.05, 0.1) is 11.9 Å². The summed E-state index contributed by atoms with van der Waals surface area (Å²) in [6.45, 7) is 4.67. The van der Waals surface area contributed by atoms with Crippen LogP contribution in [-0.4, -0.2) is 31.5 Å². The lowest BCUT2D eigenvalue weighted by Crippen LogP contribution is -2.13. The molecule has 0 radical (unpaired) electrons. The molecule has 0 unspecified atom stereocenters. The zero-order chi connectivity index (χ0) is 15.5. The molecule has 0 aliphatic carbocycles. The van der Waals surface area contributed by atoms with Gasteiger partial charge in [0.25, 0.3) is 0 Å². The average molecular weight is 300 g/mol. The third-order valence-electron chi connectivity index (χ3n) is 2.67. The lowest BCUT2D eigenvalue weighted by molar-refractivity contribution is -0.141. The van der Waals surface area contributed by atoms with Gasteiger partial charge in [-0.25, -0.2) is 14.6 Å². The highest BCUT2D eigenvalue weighted by Crippen LogP contribution is 2.30. The monoisotopic (exact) mass is 300 g/mol. The van der Waals surface area contributed by atoms with Gasteiger partial charge in [-0.05, 0) is 19.4 Å². The maximum atomic E-state index is 12.9. The van der Waals surface area contributed by atoms with Gasteiger partial charge in [-0.3, -0.25) is 0 Å². The molecule has 0 saturated carbocycles.